The predicted molar refractivity (Wildman–Crippen MR) is 162 cm³/mol. The number of nitrogens with zero attached hydrogens (tertiary/aromatic N) is 3. The van der Waals surface area contributed by atoms with Crippen LogP contribution in [0, 0.1) is 0 Å². The number of methoxy groups -OCH3 is 2. The third kappa shape index (κ3) is 6.87. The molecular formula is C31H30Cl2N4O5. The fourth-order valence-electron chi connectivity index (χ4n) is 4.77. The summed E-state index contributed by atoms with van der Waals surface area (Å²) in [5, 5.41) is 4.03. The van der Waals surface area contributed by atoms with Gasteiger partial charge in [0.05, 0.1) is 31.7 Å². The molecule has 1 fully saturated rings. The van der Waals surface area contributed by atoms with Crippen molar-refractivity contribution in [3.63, 3.8) is 0 Å². The Morgan fingerprint density at radius 1 is 1.00 bits per heavy atom. The molecule has 218 valence electrons. The average molecular weight is 610 g/mol. The number of ether oxygens (including phenoxy) is 3. The lowest BCUT2D eigenvalue weighted by atomic mass is 10.1. The van der Waals surface area contributed by atoms with Crippen molar-refractivity contribution in [2.24, 2.45) is 0 Å². The van der Waals surface area contributed by atoms with Gasteiger partial charge in [0, 0.05) is 46.6 Å². The van der Waals surface area contributed by atoms with Crippen LogP contribution in [0.2, 0.25) is 10.0 Å². The van der Waals surface area contributed by atoms with Gasteiger partial charge in [-0.3, -0.25) is 19.5 Å². The Morgan fingerprint density at radius 2 is 1.69 bits per heavy atom. The molecule has 0 bridgehead atoms. The summed E-state index contributed by atoms with van der Waals surface area (Å²) in [6.07, 6.45) is 3.40. The maximum Gasteiger partial charge on any atom is 0.254 e. The van der Waals surface area contributed by atoms with E-state index in [0.717, 1.165) is 18.4 Å². The van der Waals surface area contributed by atoms with Crippen LogP contribution in [-0.2, 0) is 9.53 Å². The summed E-state index contributed by atoms with van der Waals surface area (Å²) < 4.78 is 18.4. The molecular weight excluding hydrogens is 579 g/mol. The second-order valence-electron chi connectivity index (χ2n) is 9.74. The van der Waals surface area contributed by atoms with Crippen molar-refractivity contribution >= 4 is 41.0 Å². The maximum atomic E-state index is 13.5. The van der Waals surface area contributed by atoms with Crippen molar-refractivity contribution < 1.29 is 23.8 Å². The largest absolute Gasteiger partial charge is 0.493 e. The van der Waals surface area contributed by atoms with Crippen molar-refractivity contribution in [2.45, 2.75) is 18.9 Å². The van der Waals surface area contributed by atoms with Crippen molar-refractivity contribution in [3.05, 3.63) is 88.5 Å². The molecule has 2 amide bonds. The Bertz CT molecular complexity index is 1550. The molecule has 1 aliphatic rings. The molecule has 4 aromatic rings. The van der Waals surface area contributed by atoms with E-state index in [2.05, 4.69) is 5.32 Å². The molecule has 0 radical (unpaired) electrons. The molecule has 11 heteroatoms. The van der Waals surface area contributed by atoms with Gasteiger partial charge in [-0.05, 0) is 61.4 Å². The van der Waals surface area contributed by atoms with Crippen LogP contribution in [0.15, 0.2) is 72.9 Å². The summed E-state index contributed by atoms with van der Waals surface area (Å²) in [6, 6.07) is 19.2. The number of carbonyl (C=O) groups excluding carboxylic acids is 2. The summed E-state index contributed by atoms with van der Waals surface area (Å²) in [5.74, 6) is 0.654. The molecule has 5 rings (SSSR count). The quantitative estimate of drug-likeness (QED) is 0.233. The molecule has 2 heterocycles. The number of imidazole rings is 1. The highest BCUT2D eigenvalue weighted by atomic mass is 35.5. The SMILES string of the molecule is COc1ccc(-n2cc(-c3ccc(Cl)cc3)nc2NC(=O)CN(CC2CCCO2)C(=O)c2ccc(Cl)cc2)cc1OC. The Morgan fingerprint density at radius 3 is 2.33 bits per heavy atom. The molecule has 1 aromatic heterocycles. The Hall–Kier alpha value is -4.05. The molecule has 1 N–H and O–H groups in total. The molecule has 0 spiro atoms. The van der Waals surface area contributed by atoms with E-state index in [0.29, 0.717) is 45.1 Å². The summed E-state index contributed by atoms with van der Waals surface area (Å²) in [5.41, 5.74) is 2.54. The zero-order chi connectivity index (χ0) is 29.6. The van der Waals surface area contributed by atoms with E-state index in [4.69, 9.17) is 42.4 Å². The molecule has 0 aliphatic carbocycles. The van der Waals surface area contributed by atoms with Gasteiger partial charge in [-0.15, -0.1) is 0 Å². The minimum absolute atomic E-state index is 0.140. The van der Waals surface area contributed by atoms with E-state index >= 15 is 0 Å². The number of aromatic nitrogens is 2. The van der Waals surface area contributed by atoms with Crippen LogP contribution in [0.1, 0.15) is 23.2 Å². The first-order valence-corrected chi connectivity index (χ1v) is 14.1. The second-order valence-corrected chi connectivity index (χ2v) is 10.6. The summed E-state index contributed by atoms with van der Waals surface area (Å²) in [4.78, 5) is 33.2. The highest BCUT2D eigenvalue weighted by molar-refractivity contribution is 6.31. The molecule has 1 saturated heterocycles. The first kappa shape index (κ1) is 29.4. The average Bonchev–Trinajstić information content (AvgIpc) is 3.67. The van der Waals surface area contributed by atoms with E-state index in [9.17, 15) is 9.59 Å². The molecule has 1 unspecified atom stereocenters. The monoisotopic (exact) mass is 608 g/mol. The zero-order valence-electron chi connectivity index (χ0n) is 23.2. The van der Waals surface area contributed by atoms with Gasteiger partial charge in [-0.25, -0.2) is 4.98 Å². The van der Waals surface area contributed by atoms with Crippen LogP contribution in [0.4, 0.5) is 5.95 Å². The van der Waals surface area contributed by atoms with Gasteiger partial charge >= 0.3 is 0 Å². The number of hydrogen-bond donors (Lipinski definition) is 1. The van der Waals surface area contributed by atoms with Crippen molar-refractivity contribution in [3.8, 4) is 28.4 Å². The van der Waals surface area contributed by atoms with E-state index in [1.165, 1.54) is 4.90 Å². The topological polar surface area (TPSA) is 94.9 Å². The van der Waals surface area contributed by atoms with Crippen LogP contribution < -0.4 is 14.8 Å². The smallest absolute Gasteiger partial charge is 0.254 e. The fraction of sp³-hybridized carbons (Fsp3) is 0.258. The first-order valence-electron chi connectivity index (χ1n) is 13.4. The van der Waals surface area contributed by atoms with Crippen LogP contribution in [0.25, 0.3) is 16.9 Å². The highest BCUT2D eigenvalue weighted by Crippen LogP contribution is 2.32. The van der Waals surface area contributed by atoms with Crippen LogP contribution in [0.3, 0.4) is 0 Å². The number of benzene rings is 3. The summed E-state index contributed by atoms with van der Waals surface area (Å²) >= 11 is 12.1. The third-order valence-electron chi connectivity index (χ3n) is 6.90. The number of amides is 2. The van der Waals surface area contributed by atoms with Crippen molar-refractivity contribution in [2.75, 3.05) is 39.2 Å². The lowest BCUT2D eigenvalue weighted by Gasteiger charge is -2.25. The Labute approximate surface area is 253 Å². The molecule has 3 aromatic carbocycles. The molecule has 42 heavy (non-hydrogen) atoms. The molecule has 1 aliphatic heterocycles. The van der Waals surface area contributed by atoms with Gasteiger partial charge in [0.1, 0.15) is 6.54 Å². The predicted octanol–water partition coefficient (Wildman–Crippen LogP) is 6.12. The van der Waals surface area contributed by atoms with Gasteiger partial charge < -0.3 is 19.1 Å². The van der Waals surface area contributed by atoms with Crippen LogP contribution >= 0.6 is 23.2 Å². The van der Waals surface area contributed by atoms with Gasteiger partial charge in [-0.1, -0.05) is 35.3 Å². The molecule has 1 atom stereocenters. The van der Waals surface area contributed by atoms with E-state index in [1.807, 2.05) is 24.4 Å². The molecule has 0 saturated carbocycles. The number of carbonyl (C=O) groups is 2. The highest BCUT2D eigenvalue weighted by Gasteiger charge is 2.26. The van der Waals surface area contributed by atoms with Gasteiger partial charge in [0.15, 0.2) is 11.5 Å². The van der Waals surface area contributed by atoms with Crippen LogP contribution in [-0.4, -0.2) is 66.3 Å². The minimum Gasteiger partial charge on any atom is -0.493 e. The maximum absolute atomic E-state index is 13.5. The first-order chi connectivity index (χ1) is 20.3. The lowest BCUT2D eigenvalue weighted by molar-refractivity contribution is -0.117. The molecule has 9 nitrogen and oxygen atoms in total. The van der Waals surface area contributed by atoms with E-state index in [1.54, 1.807) is 67.3 Å². The summed E-state index contributed by atoms with van der Waals surface area (Å²) in [7, 11) is 3.12. The normalized spacial score (nSPS) is 14.4. The van der Waals surface area contributed by atoms with E-state index < -0.39 is 5.91 Å². The standard InChI is InChI=1S/C31H30Cl2N4O5/c1-40-27-14-13-24(16-28(27)41-2)37-18-26(20-5-9-22(32)10-6-20)34-31(37)35-29(38)19-36(17-25-4-3-15-42-25)30(39)21-7-11-23(33)12-8-21/h5-14,16,18,25H,3-4,15,17,19H2,1-2H3,(H,34,35,38). The van der Waals surface area contributed by atoms with Gasteiger partial charge in [0.25, 0.3) is 5.91 Å². The second kappa shape index (κ2) is 13.3. The van der Waals surface area contributed by atoms with Gasteiger partial charge in [-0.2, -0.15) is 0 Å². The number of hydrogen-bond acceptors (Lipinski definition) is 6. The lowest BCUT2D eigenvalue weighted by Crippen LogP contribution is -2.42. The number of nitrogens with one attached hydrogen (secondary N) is 1. The Kier molecular flexibility index (Phi) is 9.31. The third-order valence-corrected chi connectivity index (χ3v) is 7.41. The summed E-state index contributed by atoms with van der Waals surface area (Å²) in [6.45, 7) is 0.724. The Balaban J connectivity index is 1.44. The number of halogens is 2. The van der Waals surface area contributed by atoms with Crippen LogP contribution in [0.5, 0.6) is 11.5 Å². The number of rotatable bonds is 10. The minimum atomic E-state index is -0.412. The van der Waals surface area contributed by atoms with Crippen molar-refractivity contribution in [1.82, 2.24) is 14.5 Å². The zero-order valence-corrected chi connectivity index (χ0v) is 24.7. The van der Waals surface area contributed by atoms with Crippen molar-refractivity contribution in [1.29, 1.82) is 0 Å². The van der Waals surface area contributed by atoms with Gasteiger partial charge in [0.2, 0.25) is 11.9 Å². The number of anilines is 1. The fourth-order valence-corrected chi connectivity index (χ4v) is 5.02. The van der Waals surface area contributed by atoms with E-state index in [-0.39, 0.29) is 31.0 Å².